The fourth-order valence-corrected chi connectivity index (χ4v) is 1.47. The van der Waals surface area contributed by atoms with Crippen LogP contribution in [-0.4, -0.2) is 34.9 Å². The lowest BCUT2D eigenvalue weighted by molar-refractivity contribution is -0.117. The molecular weight excluding hydrogens is 199 g/mol. The van der Waals surface area contributed by atoms with Gasteiger partial charge in [-0.15, -0.1) is 5.10 Å². The maximum atomic E-state index is 12.8. The molecule has 2 heterocycles. The van der Waals surface area contributed by atoms with Crippen LogP contribution in [0.3, 0.4) is 0 Å². The van der Waals surface area contributed by atoms with Crippen LogP contribution in [0.1, 0.15) is 6.42 Å². The maximum absolute atomic E-state index is 12.8. The molecule has 1 aromatic rings. The number of nitrogens with zero attached hydrogens (tertiary/aromatic N) is 2. The summed E-state index contributed by atoms with van der Waals surface area (Å²) in [7, 11) is 0. The van der Waals surface area contributed by atoms with Gasteiger partial charge >= 0.3 is 0 Å². The largest absolute Gasteiger partial charge is 0.308 e. The minimum absolute atomic E-state index is 0.214. The van der Waals surface area contributed by atoms with Gasteiger partial charge in [0.15, 0.2) is 5.82 Å². The molecule has 2 rings (SSSR count). The van der Waals surface area contributed by atoms with E-state index in [0.717, 1.165) is 0 Å². The standard InChI is InChI=1S/C9H11FN4O/c10-6-4-7(11-5-6)9(15)13-8-2-1-3-12-14-8/h1-3,6-7,11H,4-5H2,(H,13,14,15). The third kappa shape index (κ3) is 2.47. The van der Waals surface area contributed by atoms with Crippen molar-refractivity contribution in [3.05, 3.63) is 18.3 Å². The third-order valence-electron chi connectivity index (χ3n) is 2.22. The van der Waals surface area contributed by atoms with E-state index in [4.69, 9.17) is 0 Å². The maximum Gasteiger partial charge on any atom is 0.242 e. The minimum Gasteiger partial charge on any atom is -0.308 e. The molecule has 0 spiro atoms. The molecule has 80 valence electrons. The van der Waals surface area contributed by atoms with Crippen molar-refractivity contribution < 1.29 is 9.18 Å². The number of carbonyl (C=O) groups excluding carboxylic acids is 1. The minimum atomic E-state index is -0.942. The van der Waals surface area contributed by atoms with Crippen molar-refractivity contribution in [2.45, 2.75) is 18.6 Å². The van der Waals surface area contributed by atoms with Crippen LogP contribution in [0.25, 0.3) is 0 Å². The van der Waals surface area contributed by atoms with E-state index in [1.807, 2.05) is 0 Å². The van der Waals surface area contributed by atoms with E-state index < -0.39 is 12.2 Å². The summed E-state index contributed by atoms with van der Waals surface area (Å²) in [5.41, 5.74) is 0. The molecule has 1 saturated heterocycles. The Kier molecular flexibility index (Phi) is 2.86. The third-order valence-corrected chi connectivity index (χ3v) is 2.22. The van der Waals surface area contributed by atoms with Crippen molar-refractivity contribution in [1.29, 1.82) is 0 Å². The van der Waals surface area contributed by atoms with Crippen molar-refractivity contribution in [3.63, 3.8) is 0 Å². The normalized spacial score (nSPS) is 25.1. The van der Waals surface area contributed by atoms with Gasteiger partial charge in [0.25, 0.3) is 0 Å². The molecule has 6 heteroatoms. The molecule has 0 saturated carbocycles. The van der Waals surface area contributed by atoms with Crippen LogP contribution in [0.15, 0.2) is 18.3 Å². The van der Waals surface area contributed by atoms with Gasteiger partial charge in [0.2, 0.25) is 5.91 Å². The average molecular weight is 210 g/mol. The van der Waals surface area contributed by atoms with Crippen LogP contribution in [0.2, 0.25) is 0 Å². The van der Waals surface area contributed by atoms with Crippen LogP contribution in [-0.2, 0) is 4.79 Å². The summed E-state index contributed by atoms with van der Waals surface area (Å²) in [5.74, 6) is 0.113. The molecule has 15 heavy (non-hydrogen) atoms. The number of carbonyl (C=O) groups is 1. The lowest BCUT2D eigenvalue weighted by Gasteiger charge is -2.09. The van der Waals surface area contributed by atoms with Crippen molar-refractivity contribution in [1.82, 2.24) is 15.5 Å². The van der Waals surface area contributed by atoms with Gasteiger partial charge < -0.3 is 10.6 Å². The summed E-state index contributed by atoms with van der Waals surface area (Å²) in [6, 6.07) is 2.83. The van der Waals surface area contributed by atoms with E-state index in [-0.39, 0.29) is 18.9 Å². The molecule has 2 N–H and O–H groups in total. The predicted molar refractivity (Wildman–Crippen MR) is 52.0 cm³/mol. The monoisotopic (exact) mass is 210 g/mol. The highest BCUT2D eigenvalue weighted by Crippen LogP contribution is 2.11. The predicted octanol–water partition coefficient (Wildman–Crippen LogP) is 0.115. The molecule has 2 atom stereocenters. The lowest BCUT2D eigenvalue weighted by Crippen LogP contribution is -2.35. The number of hydrogen-bond acceptors (Lipinski definition) is 4. The second-order valence-corrected chi connectivity index (χ2v) is 3.39. The summed E-state index contributed by atoms with van der Waals surface area (Å²) in [6.45, 7) is 0.235. The fraction of sp³-hybridized carbons (Fsp3) is 0.444. The Morgan fingerprint density at radius 3 is 3.13 bits per heavy atom. The van der Waals surface area contributed by atoms with Crippen molar-refractivity contribution in [2.75, 3.05) is 11.9 Å². The van der Waals surface area contributed by atoms with Crippen molar-refractivity contribution >= 4 is 11.7 Å². The van der Waals surface area contributed by atoms with Gasteiger partial charge in [0.1, 0.15) is 6.17 Å². The summed E-state index contributed by atoms with van der Waals surface area (Å²) in [6.07, 6.45) is 0.787. The number of nitrogens with one attached hydrogen (secondary N) is 2. The van der Waals surface area contributed by atoms with Gasteiger partial charge in [-0.25, -0.2) is 4.39 Å². The van der Waals surface area contributed by atoms with Crippen LogP contribution >= 0.6 is 0 Å². The van der Waals surface area contributed by atoms with E-state index in [2.05, 4.69) is 20.8 Å². The number of halogens is 1. The summed E-state index contributed by atoms with van der Waals surface area (Å²) >= 11 is 0. The molecule has 0 bridgehead atoms. The number of alkyl halides is 1. The average Bonchev–Trinajstić information content (AvgIpc) is 2.66. The number of amides is 1. The van der Waals surface area contributed by atoms with Gasteiger partial charge in [0, 0.05) is 19.2 Å². The van der Waals surface area contributed by atoms with Crippen LogP contribution in [0.5, 0.6) is 0 Å². The Labute approximate surface area is 86.1 Å². The molecule has 1 aliphatic rings. The van der Waals surface area contributed by atoms with Crippen molar-refractivity contribution in [3.8, 4) is 0 Å². The first-order valence-corrected chi connectivity index (χ1v) is 4.72. The molecule has 2 unspecified atom stereocenters. The second kappa shape index (κ2) is 4.31. The first-order valence-electron chi connectivity index (χ1n) is 4.72. The highest BCUT2D eigenvalue weighted by Gasteiger charge is 2.29. The summed E-state index contributed by atoms with van der Waals surface area (Å²) in [4.78, 5) is 11.6. The van der Waals surface area contributed by atoms with E-state index in [0.29, 0.717) is 5.82 Å². The van der Waals surface area contributed by atoms with Crippen molar-refractivity contribution in [2.24, 2.45) is 0 Å². The molecule has 0 radical (unpaired) electrons. The number of aromatic nitrogens is 2. The van der Waals surface area contributed by atoms with Crippen LogP contribution in [0.4, 0.5) is 10.2 Å². The molecule has 0 aromatic carbocycles. The molecule has 1 aliphatic heterocycles. The van der Waals surface area contributed by atoms with E-state index in [9.17, 15) is 9.18 Å². The number of hydrogen-bond donors (Lipinski definition) is 2. The quantitative estimate of drug-likeness (QED) is 0.727. The van der Waals surface area contributed by atoms with Gasteiger partial charge in [-0.3, -0.25) is 4.79 Å². The Hall–Kier alpha value is -1.56. The Morgan fingerprint density at radius 1 is 1.67 bits per heavy atom. The van der Waals surface area contributed by atoms with Gasteiger partial charge in [0.05, 0.1) is 6.04 Å². The zero-order valence-electron chi connectivity index (χ0n) is 7.98. The van der Waals surface area contributed by atoms with E-state index in [1.54, 1.807) is 12.1 Å². The fourth-order valence-electron chi connectivity index (χ4n) is 1.47. The summed E-state index contributed by atoms with van der Waals surface area (Å²) < 4.78 is 12.8. The van der Waals surface area contributed by atoms with Crippen LogP contribution in [0, 0.1) is 0 Å². The second-order valence-electron chi connectivity index (χ2n) is 3.39. The molecule has 1 fully saturated rings. The first kappa shape index (κ1) is 9.97. The molecule has 1 amide bonds. The number of rotatable bonds is 2. The van der Waals surface area contributed by atoms with E-state index in [1.165, 1.54) is 6.20 Å². The Bertz CT molecular complexity index is 345. The van der Waals surface area contributed by atoms with E-state index >= 15 is 0 Å². The first-order chi connectivity index (χ1) is 7.25. The molecular formula is C9H11FN4O. The Balaban J connectivity index is 1.93. The van der Waals surface area contributed by atoms with Gasteiger partial charge in [-0.1, -0.05) is 0 Å². The zero-order valence-corrected chi connectivity index (χ0v) is 7.98. The topological polar surface area (TPSA) is 66.9 Å². The molecule has 0 aliphatic carbocycles. The highest BCUT2D eigenvalue weighted by atomic mass is 19.1. The highest BCUT2D eigenvalue weighted by molar-refractivity contribution is 5.94. The zero-order chi connectivity index (χ0) is 10.7. The lowest BCUT2D eigenvalue weighted by atomic mass is 10.2. The number of anilines is 1. The molecule has 5 nitrogen and oxygen atoms in total. The molecule has 1 aromatic heterocycles. The van der Waals surface area contributed by atoms with Gasteiger partial charge in [-0.2, -0.15) is 5.10 Å². The SMILES string of the molecule is O=C(Nc1cccnn1)C1CC(F)CN1. The Morgan fingerprint density at radius 2 is 2.53 bits per heavy atom. The van der Waals surface area contributed by atoms with Crippen LogP contribution < -0.4 is 10.6 Å². The summed E-state index contributed by atoms with van der Waals surface area (Å²) in [5, 5.41) is 12.7. The smallest absolute Gasteiger partial charge is 0.242 e. The van der Waals surface area contributed by atoms with Gasteiger partial charge in [-0.05, 0) is 12.1 Å².